The van der Waals surface area contributed by atoms with Crippen LogP contribution in [0.2, 0.25) is 0 Å². The summed E-state index contributed by atoms with van der Waals surface area (Å²) in [6.07, 6.45) is 4.38. The summed E-state index contributed by atoms with van der Waals surface area (Å²) in [5, 5.41) is 5.93. The van der Waals surface area contributed by atoms with E-state index in [1.165, 1.54) is 22.5 Å². The van der Waals surface area contributed by atoms with E-state index in [-0.39, 0.29) is 5.91 Å². The molecule has 2 rings (SSSR count). The molecule has 25 heavy (non-hydrogen) atoms. The Morgan fingerprint density at radius 2 is 2.12 bits per heavy atom. The molecule has 0 saturated carbocycles. The van der Waals surface area contributed by atoms with Crippen molar-refractivity contribution >= 4 is 44.3 Å². The average Bonchev–Trinajstić information content (AvgIpc) is 2.97. The Kier molecular flexibility index (Phi) is 7.39. The molecule has 0 unspecified atom stereocenters. The van der Waals surface area contributed by atoms with Crippen molar-refractivity contribution < 1.29 is 9.59 Å². The molecule has 3 amide bonds. The van der Waals surface area contributed by atoms with E-state index in [2.05, 4.69) is 50.6 Å². The van der Waals surface area contributed by atoms with Gasteiger partial charge in [-0.3, -0.25) is 4.79 Å². The second kappa shape index (κ2) is 9.53. The van der Waals surface area contributed by atoms with Crippen molar-refractivity contribution in [3.05, 3.63) is 44.9 Å². The number of urea groups is 1. The third-order valence-electron chi connectivity index (χ3n) is 3.53. The molecule has 0 fully saturated rings. The average molecular weight is 425 g/mol. The van der Waals surface area contributed by atoms with Gasteiger partial charge in [-0.2, -0.15) is 0 Å². The molecule has 1 aromatic carbocycles. The zero-order chi connectivity index (χ0) is 18.2. The predicted molar refractivity (Wildman–Crippen MR) is 104 cm³/mol. The number of hydrogen-bond acceptors (Lipinski definition) is 4. The number of rotatable bonds is 8. The first-order valence-electron chi connectivity index (χ1n) is 7.97. The van der Waals surface area contributed by atoms with Crippen molar-refractivity contribution in [1.82, 2.24) is 10.3 Å². The van der Waals surface area contributed by atoms with Crippen LogP contribution in [0.1, 0.15) is 35.3 Å². The Bertz CT molecular complexity index is 748. The Morgan fingerprint density at radius 3 is 2.84 bits per heavy atom. The highest BCUT2D eigenvalue weighted by Gasteiger charge is 2.08. The van der Waals surface area contributed by atoms with Crippen molar-refractivity contribution in [3.63, 3.8) is 0 Å². The number of anilines is 1. The highest BCUT2D eigenvalue weighted by Crippen LogP contribution is 2.24. The second-order valence-electron chi connectivity index (χ2n) is 5.69. The van der Waals surface area contributed by atoms with Crippen molar-refractivity contribution in [1.29, 1.82) is 0 Å². The number of aryl methyl sites for hydroxylation is 1. The van der Waals surface area contributed by atoms with Gasteiger partial charge in [-0.15, -0.1) is 11.3 Å². The third kappa shape index (κ3) is 6.83. The van der Waals surface area contributed by atoms with Gasteiger partial charge in [0.05, 0.1) is 0 Å². The summed E-state index contributed by atoms with van der Waals surface area (Å²) >= 11 is 4.98. The molecule has 1 heterocycles. The Balaban J connectivity index is 1.77. The number of nitrogens with one attached hydrogen (secondary N) is 2. The number of benzene rings is 1. The van der Waals surface area contributed by atoms with Gasteiger partial charge in [0.2, 0.25) is 5.91 Å². The molecule has 0 aliphatic heterocycles. The largest absolute Gasteiger partial charge is 0.352 e. The molecular formula is C17H21BrN4O2S. The van der Waals surface area contributed by atoms with Gasteiger partial charge in [0.15, 0.2) is 5.13 Å². The van der Waals surface area contributed by atoms with Crippen molar-refractivity contribution in [2.24, 2.45) is 5.73 Å². The molecule has 0 atom stereocenters. The lowest BCUT2D eigenvalue weighted by Crippen LogP contribution is -2.30. The number of unbranched alkanes of at least 4 members (excludes halogenated alkanes) is 1. The van der Waals surface area contributed by atoms with Crippen LogP contribution in [0.3, 0.4) is 0 Å². The minimum Gasteiger partial charge on any atom is -0.352 e. The summed E-state index contributed by atoms with van der Waals surface area (Å²) in [5.74, 6) is -0.0699. The summed E-state index contributed by atoms with van der Waals surface area (Å²) in [6, 6.07) is 5.72. The number of carbonyl (C=O) groups excluding carboxylic acids is 2. The normalized spacial score (nSPS) is 10.5. The molecular weight excluding hydrogens is 404 g/mol. The highest BCUT2D eigenvalue weighted by molar-refractivity contribution is 9.10. The number of halogens is 1. The van der Waals surface area contributed by atoms with Crippen LogP contribution >= 0.6 is 27.3 Å². The molecule has 8 heteroatoms. The number of nitrogens with two attached hydrogens (primary N) is 1. The number of nitrogens with zero attached hydrogens (tertiary/aromatic N) is 1. The summed E-state index contributed by atoms with van der Waals surface area (Å²) < 4.78 is 1.10. The zero-order valence-electron chi connectivity index (χ0n) is 14.0. The lowest BCUT2D eigenvalue weighted by Gasteiger charge is -2.03. The number of aromatic nitrogens is 1. The van der Waals surface area contributed by atoms with E-state index in [1.54, 1.807) is 6.20 Å². The van der Waals surface area contributed by atoms with Gasteiger partial charge in [0, 0.05) is 34.9 Å². The van der Waals surface area contributed by atoms with Gasteiger partial charge in [-0.25, -0.2) is 9.78 Å². The summed E-state index contributed by atoms with van der Waals surface area (Å²) in [5.41, 5.74) is 7.38. The minimum absolute atomic E-state index is 0.0699. The molecule has 0 spiro atoms. The van der Waals surface area contributed by atoms with Crippen LogP contribution in [0.4, 0.5) is 9.93 Å². The molecule has 0 aliphatic carbocycles. The molecule has 1 aromatic heterocycles. The van der Waals surface area contributed by atoms with Crippen molar-refractivity contribution in [2.75, 3.05) is 11.9 Å². The van der Waals surface area contributed by atoms with Crippen molar-refractivity contribution in [2.45, 2.75) is 32.6 Å². The van der Waals surface area contributed by atoms with Gasteiger partial charge in [-0.1, -0.05) is 28.1 Å². The fourth-order valence-electron chi connectivity index (χ4n) is 2.27. The molecule has 4 N–H and O–H groups in total. The Hall–Kier alpha value is -1.93. The molecule has 0 bridgehead atoms. The maximum absolute atomic E-state index is 11.9. The molecule has 6 nitrogen and oxygen atoms in total. The van der Waals surface area contributed by atoms with Gasteiger partial charge >= 0.3 is 6.03 Å². The van der Waals surface area contributed by atoms with E-state index in [9.17, 15) is 9.59 Å². The van der Waals surface area contributed by atoms with Crippen LogP contribution in [0.15, 0.2) is 28.9 Å². The van der Waals surface area contributed by atoms with Crippen molar-refractivity contribution in [3.8, 4) is 0 Å². The van der Waals surface area contributed by atoms with E-state index in [0.717, 1.165) is 15.8 Å². The molecule has 134 valence electrons. The predicted octanol–water partition coefficient (Wildman–Crippen LogP) is 3.58. The highest BCUT2D eigenvalue weighted by atomic mass is 79.9. The molecule has 2 aromatic rings. The Morgan fingerprint density at radius 1 is 1.32 bits per heavy atom. The second-order valence-corrected chi connectivity index (χ2v) is 7.66. The maximum atomic E-state index is 11.9. The van der Waals surface area contributed by atoms with Crippen LogP contribution in [0.25, 0.3) is 0 Å². The zero-order valence-corrected chi connectivity index (χ0v) is 16.4. The maximum Gasteiger partial charge on any atom is 0.312 e. The first-order chi connectivity index (χ1) is 11.9. The number of primary amides is 1. The number of thiazole rings is 1. The van der Waals surface area contributed by atoms with Gasteiger partial charge in [0.25, 0.3) is 0 Å². The Labute approximate surface area is 159 Å². The third-order valence-corrected chi connectivity index (χ3v) is 5.33. The number of hydrogen-bond donors (Lipinski definition) is 3. The van der Waals surface area contributed by atoms with E-state index in [1.807, 2.05) is 6.07 Å². The minimum atomic E-state index is -0.541. The molecule has 0 radical (unpaired) electrons. The number of amides is 3. The van der Waals surface area contributed by atoms with E-state index in [4.69, 9.17) is 5.73 Å². The lowest BCUT2D eigenvalue weighted by molar-refractivity contribution is -0.116. The standard InChI is InChI=1S/C17H21BrN4O2S/c1-11-8-12(5-6-14(11)18)9-13-10-21-17(25-13)22-15(23)4-2-3-7-20-16(19)24/h5-6,8,10H,2-4,7,9H2,1H3,(H3,19,20,24)(H,21,22,23). The molecule has 0 aliphatic rings. The van der Waals surface area contributed by atoms with Crippen LogP contribution in [-0.4, -0.2) is 23.5 Å². The first kappa shape index (κ1) is 19.4. The topological polar surface area (TPSA) is 97.1 Å². The lowest BCUT2D eigenvalue weighted by atomic mass is 10.1. The smallest absolute Gasteiger partial charge is 0.312 e. The van der Waals surface area contributed by atoms with Crippen LogP contribution < -0.4 is 16.4 Å². The molecule has 0 saturated heterocycles. The van der Waals surface area contributed by atoms with E-state index < -0.39 is 6.03 Å². The van der Waals surface area contributed by atoms with Crippen LogP contribution in [0.5, 0.6) is 0 Å². The fourth-order valence-corrected chi connectivity index (χ4v) is 3.38. The first-order valence-corrected chi connectivity index (χ1v) is 9.58. The van der Waals surface area contributed by atoms with Gasteiger partial charge in [-0.05, 0) is 37.0 Å². The fraction of sp³-hybridized carbons (Fsp3) is 0.353. The van der Waals surface area contributed by atoms with Gasteiger partial charge in [0.1, 0.15) is 0 Å². The monoisotopic (exact) mass is 424 g/mol. The summed E-state index contributed by atoms with van der Waals surface area (Å²) in [6.45, 7) is 2.54. The van der Waals surface area contributed by atoms with Gasteiger partial charge < -0.3 is 16.4 Å². The quantitative estimate of drug-likeness (QED) is 0.564. The van der Waals surface area contributed by atoms with E-state index >= 15 is 0 Å². The van der Waals surface area contributed by atoms with Crippen LogP contribution in [0, 0.1) is 6.92 Å². The summed E-state index contributed by atoms with van der Waals surface area (Å²) in [4.78, 5) is 27.8. The number of carbonyl (C=O) groups is 2. The van der Waals surface area contributed by atoms with E-state index in [0.29, 0.717) is 30.9 Å². The SMILES string of the molecule is Cc1cc(Cc2cnc(NC(=O)CCCCNC(N)=O)s2)ccc1Br. The summed E-state index contributed by atoms with van der Waals surface area (Å²) in [7, 11) is 0. The van der Waals surface area contributed by atoms with Crippen LogP contribution in [-0.2, 0) is 11.2 Å².